The van der Waals surface area contributed by atoms with E-state index in [1.54, 1.807) is 42.3 Å². The number of Topliss-reactive ketones (excluding diaryl/α,β-unsaturated/α-hetero) is 1. The quantitative estimate of drug-likeness (QED) is 0.242. The minimum absolute atomic E-state index is 0.0562. The van der Waals surface area contributed by atoms with E-state index in [0.29, 0.717) is 54.0 Å². The molecule has 1 aliphatic heterocycles. The summed E-state index contributed by atoms with van der Waals surface area (Å²) >= 11 is 0. The van der Waals surface area contributed by atoms with Crippen LogP contribution in [0, 0.1) is 12.8 Å². The van der Waals surface area contributed by atoms with Crippen molar-refractivity contribution in [2.45, 2.75) is 40.7 Å². The monoisotopic (exact) mass is 524 g/mol. The summed E-state index contributed by atoms with van der Waals surface area (Å²) < 4.78 is 16.7. The number of benzene rings is 2. The molecule has 1 heterocycles. The van der Waals surface area contributed by atoms with E-state index in [-0.39, 0.29) is 11.3 Å². The van der Waals surface area contributed by atoms with Gasteiger partial charge in [0, 0.05) is 18.7 Å². The van der Waals surface area contributed by atoms with E-state index in [1.165, 1.54) is 7.11 Å². The third kappa shape index (κ3) is 6.13. The van der Waals surface area contributed by atoms with Crippen LogP contribution >= 0.6 is 0 Å². The van der Waals surface area contributed by atoms with Crippen molar-refractivity contribution in [2.24, 2.45) is 5.92 Å². The van der Waals surface area contributed by atoms with Crippen LogP contribution in [0.15, 0.2) is 42.0 Å². The van der Waals surface area contributed by atoms with Crippen LogP contribution in [0.1, 0.15) is 50.4 Å². The lowest BCUT2D eigenvalue weighted by Gasteiger charge is -2.28. The fourth-order valence-corrected chi connectivity index (χ4v) is 4.67. The number of aliphatic hydroxyl groups is 1. The molecule has 2 aromatic carbocycles. The molecule has 1 aliphatic rings. The second kappa shape index (κ2) is 12.8. The van der Waals surface area contributed by atoms with Gasteiger partial charge < -0.3 is 29.1 Å². The molecule has 0 radical (unpaired) electrons. The number of carbonyl (C=O) groups is 2. The van der Waals surface area contributed by atoms with Crippen LogP contribution in [0.4, 0.5) is 0 Å². The molecule has 38 heavy (non-hydrogen) atoms. The Balaban J connectivity index is 2.12. The average Bonchev–Trinajstić information content (AvgIpc) is 3.16. The van der Waals surface area contributed by atoms with E-state index in [1.807, 2.05) is 13.0 Å². The van der Waals surface area contributed by atoms with Crippen LogP contribution < -0.4 is 14.2 Å². The Morgan fingerprint density at radius 3 is 2.29 bits per heavy atom. The number of likely N-dealkylation sites (N-methyl/N-ethyl adjacent to an activating group) is 1. The highest BCUT2D eigenvalue weighted by molar-refractivity contribution is 6.46. The van der Waals surface area contributed by atoms with Crippen LogP contribution in [0.2, 0.25) is 0 Å². The van der Waals surface area contributed by atoms with Gasteiger partial charge in [-0.05, 0) is 67.4 Å². The Hall–Kier alpha value is -3.52. The Bertz CT molecular complexity index is 1190. The molecule has 2 aromatic rings. The minimum atomic E-state index is -0.776. The Labute approximate surface area is 225 Å². The third-order valence-electron chi connectivity index (χ3n) is 6.85. The van der Waals surface area contributed by atoms with Gasteiger partial charge in [0.1, 0.15) is 11.5 Å². The highest BCUT2D eigenvalue weighted by Gasteiger charge is 2.46. The Kier molecular flexibility index (Phi) is 9.80. The van der Waals surface area contributed by atoms with Gasteiger partial charge in [0.15, 0.2) is 11.5 Å². The standard InChI is InChI=1S/C30H40N2O6/c1-8-31(9-2)14-15-32-27(21-10-13-24(36-6)25(17-21)37-7)26(29(34)30(32)35)28(33)23-12-11-22(16-20(23)5)38-18-19(3)4/h10-13,16-17,19,27,33H,8-9,14-15,18H2,1-7H3/t27-/m1/s1. The number of ketones is 1. The molecule has 1 fully saturated rings. The zero-order valence-corrected chi connectivity index (χ0v) is 23.5. The van der Waals surface area contributed by atoms with Crippen molar-refractivity contribution in [3.05, 3.63) is 58.7 Å². The van der Waals surface area contributed by atoms with E-state index in [4.69, 9.17) is 14.2 Å². The van der Waals surface area contributed by atoms with Crippen LogP contribution in [-0.4, -0.2) is 73.6 Å². The van der Waals surface area contributed by atoms with Crippen molar-refractivity contribution in [1.82, 2.24) is 9.80 Å². The molecule has 1 N–H and O–H groups in total. The van der Waals surface area contributed by atoms with Crippen LogP contribution in [0.25, 0.3) is 5.76 Å². The molecule has 1 atom stereocenters. The summed E-state index contributed by atoms with van der Waals surface area (Å²) in [6.07, 6.45) is 0. The second-order valence-corrected chi connectivity index (χ2v) is 9.82. The number of hydrogen-bond acceptors (Lipinski definition) is 7. The molecular weight excluding hydrogens is 484 g/mol. The van der Waals surface area contributed by atoms with Gasteiger partial charge in [-0.2, -0.15) is 0 Å². The van der Waals surface area contributed by atoms with Gasteiger partial charge in [0.25, 0.3) is 11.7 Å². The number of aryl methyl sites for hydroxylation is 1. The summed E-state index contributed by atoms with van der Waals surface area (Å²) in [7, 11) is 3.08. The SMILES string of the molecule is CCN(CC)CCN1C(=O)C(=O)C(=C(O)c2ccc(OCC(C)C)cc2C)[C@H]1c1ccc(OC)c(OC)c1. The van der Waals surface area contributed by atoms with Gasteiger partial charge in [-0.3, -0.25) is 9.59 Å². The number of methoxy groups -OCH3 is 2. The van der Waals surface area contributed by atoms with E-state index in [2.05, 4.69) is 32.6 Å². The largest absolute Gasteiger partial charge is 0.507 e. The predicted octanol–water partition coefficient (Wildman–Crippen LogP) is 4.81. The number of carbonyl (C=O) groups excluding carboxylic acids is 2. The molecule has 8 nitrogen and oxygen atoms in total. The molecule has 3 rings (SSSR count). The van der Waals surface area contributed by atoms with Crippen LogP contribution in [0.5, 0.6) is 17.2 Å². The van der Waals surface area contributed by atoms with Gasteiger partial charge in [-0.1, -0.05) is 33.8 Å². The van der Waals surface area contributed by atoms with Gasteiger partial charge in [0.2, 0.25) is 0 Å². The van der Waals surface area contributed by atoms with E-state index >= 15 is 0 Å². The molecule has 0 saturated carbocycles. The van der Waals surface area contributed by atoms with Gasteiger partial charge in [0.05, 0.1) is 32.4 Å². The molecular formula is C30H40N2O6. The van der Waals surface area contributed by atoms with Crippen molar-refractivity contribution in [3.63, 3.8) is 0 Å². The number of ether oxygens (including phenoxy) is 3. The maximum absolute atomic E-state index is 13.4. The zero-order valence-electron chi connectivity index (χ0n) is 23.5. The molecule has 206 valence electrons. The second-order valence-electron chi connectivity index (χ2n) is 9.82. The fourth-order valence-electron chi connectivity index (χ4n) is 4.67. The number of nitrogens with zero attached hydrogens (tertiary/aromatic N) is 2. The first-order valence-electron chi connectivity index (χ1n) is 13.1. The molecule has 0 unspecified atom stereocenters. The van der Waals surface area contributed by atoms with Crippen molar-refractivity contribution in [2.75, 3.05) is 47.0 Å². The smallest absolute Gasteiger partial charge is 0.295 e. The summed E-state index contributed by atoms with van der Waals surface area (Å²) in [5, 5.41) is 11.5. The average molecular weight is 525 g/mol. The summed E-state index contributed by atoms with van der Waals surface area (Å²) in [6.45, 7) is 13.3. The molecule has 1 amide bonds. The van der Waals surface area contributed by atoms with E-state index in [0.717, 1.165) is 18.7 Å². The van der Waals surface area contributed by atoms with Crippen LogP contribution in [-0.2, 0) is 9.59 Å². The third-order valence-corrected chi connectivity index (χ3v) is 6.85. The van der Waals surface area contributed by atoms with E-state index < -0.39 is 17.7 Å². The number of aliphatic hydroxyl groups excluding tert-OH is 1. The fraction of sp³-hybridized carbons (Fsp3) is 0.467. The van der Waals surface area contributed by atoms with Crippen molar-refractivity contribution < 1.29 is 28.9 Å². The highest BCUT2D eigenvalue weighted by Crippen LogP contribution is 2.42. The first kappa shape index (κ1) is 29.0. The first-order chi connectivity index (χ1) is 18.2. The summed E-state index contributed by atoms with van der Waals surface area (Å²) in [4.78, 5) is 30.5. The summed E-state index contributed by atoms with van der Waals surface area (Å²) in [5.41, 5.74) is 1.93. The number of amides is 1. The number of rotatable bonds is 12. The topological polar surface area (TPSA) is 88.5 Å². The van der Waals surface area contributed by atoms with Crippen molar-refractivity contribution >= 4 is 17.4 Å². The van der Waals surface area contributed by atoms with Gasteiger partial charge in [-0.15, -0.1) is 0 Å². The molecule has 0 aromatic heterocycles. The molecule has 1 saturated heterocycles. The molecule has 0 aliphatic carbocycles. The predicted molar refractivity (Wildman–Crippen MR) is 148 cm³/mol. The van der Waals surface area contributed by atoms with Crippen molar-refractivity contribution in [3.8, 4) is 17.2 Å². The highest BCUT2D eigenvalue weighted by atomic mass is 16.5. The lowest BCUT2D eigenvalue weighted by Crippen LogP contribution is -2.38. The molecule has 0 spiro atoms. The Morgan fingerprint density at radius 2 is 1.71 bits per heavy atom. The first-order valence-corrected chi connectivity index (χ1v) is 13.1. The summed E-state index contributed by atoms with van der Waals surface area (Å²) in [5.74, 6) is 0.517. The lowest BCUT2D eigenvalue weighted by molar-refractivity contribution is -0.140. The van der Waals surface area contributed by atoms with Gasteiger partial charge >= 0.3 is 0 Å². The molecule has 8 heteroatoms. The van der Waals surface area contributed by atoms with Crippen molar-refractivity contribution in [1.29, 1.82) is 0 Å². The normalized spacial score (nSPS) is 17.0. The maximum atomic E-state index is 13.4. The maximum Gasteiger partial charge on any atom is 0.295 e. The molecule has 0 bridgehead atoms. The lowest BCUT2D eigenvalue weighted by atomic mass is 9.93. The number of hydrogen-bond donors (Lipinski definition) is 1. The van der Waals surface area contributed by atoms with E-state index in [9.17, 15) is 14.7 Å². The summed E-state index contributed by atoms with van der Waals surface area (Å²) in [6, 6.07) is 9.85. The number of likely N-dealkylation sites (tertiary alicyclic amines) is 1. The zero-order chi connectivity index (χ0) is 28.0. The minimum Gasteiger partial charge on any atom is -0.507 e. The van der Waals surface area contributed by atoms with Crippen LogP contribution in [0.3, 0.4) is 0 Å². The van der Waals surface area contributed by atoms with Gasteiger partial charge in [-0.25, -0.2) is 0 Å². The Morgan fingerprint density at radius 1 is 1.03 bits per heavy atom.